The molecule has 0 bridgehead atoms. The van der Waals surface area contributed by atoms with Crippen molar-refractivity contribution >= 4 is 28.9 Å². The van der Waals surface area contributed by atoms with Crippen LogP contribution in [0.15, 0.2) is 42.5 Å². The number of benzene rings is 2. The maximum absolute atomic E-state index is 12.2. The number of carbonyl (C=O) groups excluding carboxylic acids is 1. The molecule has 0 aliphatic rings. The fourth-order valence-electron chi connectivity index (χ4n) is 1.91. The maximum atomic E-state index is 12.2. The van der Waals surface area contributed by atoms with E-state index in [4.69, 9.17) is 16.3 Å². The molecule has 0 fully saturated rings. The van der Waals surface area contributed by atoms with Crippen molar-refractivity contribution in [1.82, 2.24) is 0 Å². The Bertz CT molecular complexity index is 749. The summed E-state index contributed by atoms with van der Waals surface area (Å²) in [6, 6.07) is 11.4. The number of nitro groups is 1. The first-order valence-corrected chi connectivity index (χ1v) is 7.23. The molecule has 1 atom stereocenters. The van der Waals surface area contributed by atoms with Gasteiger partial charge >= 0.3 is 0 Å². The molecule has 0 aromatic heterocycles. The number of amides is 1. The van der Waals surface area contributed by atoms with Crippen molar-refractivity contribution in [3.05, 3.63) is 63.2 Å². The van der Waals surface area contributed by atoms with Gasteiger partial charge in [-0.2, -0.15) is 0 Å². The van der Waals surface area contributed by atoms with Gasteiger partial charge in [0, 0.05) is 11.8 Å². The van der Waals surface area contributed by atoms with Crippen LogP contribution < -0.4 is 10.1 Å². The van der Waals surface area contributed by atoms with Crippen LogP contribution in [0.2, 0.25) is 5.02 Å². The molecule has 6 nitrogen and oxygen atoms in total. The molecule has 0 saturated heterocycles. The van der Waals surface area contributed by atoms with Crippen LogP contribution in [0.1, 0.15) is 12.5 Å². The van der Waals surface area contributed by atoms with E-state index in [0.717, 1.165) is 5.56 Å². The van der Waals surface area contributed by atoms with Crippen molar-refractivity contribution in [2.24, 2.45) is 0 Å². The molecule has 7 heteroatoms. The van der Waals surface area contributed by atoms with Crippen LogP contribution in [0.5, 0.6) is 5.75 Å². The fraction of sp³-hybridized carbons (Fsp3) is 0.188. The second kappa shape index (κ2) is 7.11. The summed E-state index contributed by atoms with van der Waals surface area (Å²) in [6.45, 7) is 3.48. The predicted molar refractivity (Wildman–Crippen MR) is 88.0 cm³/mol. The molecule has 2 aromatic carbocycles. The molecule has 1 unspecified atom stereocenters. The maximum Gasteiger partial charge on any atom is 0.289 e. The minimum absolute atomic E-state index is 0.0113. The van der Waals surface area contributed by atoms with Crippen LogP contribution in [-0.2, 0) is 4.79 Å². The summed E-state index contributed by atoms with van der Waals surface area (Å²) >= 11 is 5.74. The van der Waals surface area contributed by atoms with Crippen LogP contribution in [-0.4, -0.2) is 16.9 Å². The summed E-state index contributed by atoms with van der Waals surface area (Å²) in [5.41, 5.74) is 0.928. The number of carbonyl (C=O) groups is 1. The van der Waals surface area contributed by atoms with E-state index in [1.54, 1.807) is 13.0 Å². The van der Waals surface area contributed by atoms with Gasteiger partial charge in [0.1, 0.15) is 10.8 Å². The minimum atomic E-state index is -0.758. The highest BCUT2D eigenvalue weighted by Crippen LogP contribution is 2.27. The largest absolute Gasteiger partial charge is 0.481 e. The molecule has 1 amide bonds. The second-order valence-corrected chi connectivity index (χ2v) is 5.35. The van der Waals surface area contributed by atoms with Gasteiger partial charge in [-0.3, -0.25) is 14.9 Å². The lowest BCUT2D eigenvalue weighted by Gasteiger charge is -2.16. The highest BCUT2D eigenvalue weighted by molar-refractivity contribution is 6.32. The van der Waals surface area contributed by atoms with Gasteiger partial charge in [0.15, 0.2) is 6.10 Å². The molecule has 0 aliphatic carbocycles. The summed E-state index contributed by atoms with van der Waals surface area (Å²) in [5, 5.41) is 13.4. The van der Waals surface area contributed by atoms with E-state index in [9.17, 15) is 14.9 Å². The van der Waals surface area contributed by atoms with E-state index in [0.29, 0.717) is 5.75 Å². The number of nitrogens with zero attached hydrogens (tertiary/aromatic N) is 1. The number of aryl methyl sites for hydroxylation is 1. The van der Waals surface area contributed by atoms with E-state index in [-0.39, 0.29) is 16.4 Å². The highest BCUT2D eigenvalue weighted by Gasteiger charge is 2.18. The third-order valence-electron chi connectivity index (χ3n) is 3.18. The Morgan fingerprint density at radius 1 is 1.30 bits per heavy atom. The van der Waals surface area contributed by atoms with Crippen molar-refractivity contribution in [2.75, 3.05) is 5.32 Å². The molecule has 0 radical (unpaired) electrons. The number of halogens is 1. The summed E-state index contributed by atoms with van der Waals surface area (Å²) in [7, 11) is 0. The SMILES string of the molecule is Cc1ccccc1OC(C)C(=O)Nc1ccc(Cl)c([N+](=O)[O-])c1. The van der Waals surface area contributed by atoms with Gasteiger partial charge in [-0.25, -0.2) is 0 Å². The first-order chi connectivity index (χ1) is 10.9. The second-order valence-electron chi connectivity index (χ2n) is 4.94. The molecule has 0 saturated carbocycles. The van der Waals surface area contributed by atoms with Crippen molar-refractivity contribution < 1.29 is 14.5 Å². The fourth-order valence-corrected chi connectivity index (χ4v) is 2.09. The topological polar surface area (TPSA) is 81.5 Å². The van der Waals surface area contributed by atoms with Gasteiger partial charge < -0.3 is 10.1 Å². The van der Waals surface area contributed by atoms with Gasteiger partial charge in [-0.1, -0.05) is 29.8 Å². The van der Waals surface area contributed by atoms with Crippen LogP contribution in [0.3, 0.4) is 0 Å². The Morgan fingerprint density at radius 2 is 2.00 bits per heavy atom. The van der Waals surface area contributed by atoms with Crippen LogP contribution in [0.4, 0.5) is 11.4 Å². The van der Waals surface area contributed by atoms with Crippen molar-refractivity contribution in [1.29, 1.82) is 0 Å². The quantitative estimate of drug-likeness (QED) is 0.662. The van der Waals surface area contributed by atoms with Gasteiger partial charge in [-0.05, 0) is 37.6 Å². The van der Waals surface area contributed by atoms with Crippen LogP contribution >= 0.6 is 11.6 Å². The molecule has 2 rings (SSSR count). The molecule has 0 aliphatic heterocycles. The number of para-hydroxylation sites is 1. The molecule has 1 N–H and O–H groups in total. The van der Waals surface area contributed by atoms with Crippen LogP contribution in [0.25, 0.3) is 0 Å². The number of nitro benzene ring substituents is 1. The highest BCUT2D eigenvalue weighted by atomic mass is 35.5. The van der Waals surface area contributed by atoms with Crippen LogP contribution in [0, 0.1) is 17.0 Å². The van der Waals surface area contributed by atoms with Crippen molar-refractivity contribution in [2.45, 2.75) is 20.0 Å². The summed E-state index contributed by atoms with van der Waals surface area (Å²) in [5.74, 6) is 0.196. The summed E-state index contributed by atoms with van der Waals surface area (Å²) in [6.07, 6.45) is -0.758. The summed E-state index contributed by atoms with van der Waals surface area (Å²) < 4.78 is 5.61. The lowest BCUT2D eigenvalue weighted by molar-refractivity contribution is -0.384. The van der Waals surface area contributed by atoms with E-state index < -0.39 is 16.9 Å². The van der Waals surface area contributed by atoms with Gasteiger partial charge in [0.05, 0.1) is 4.92 Å². The number of ether oxygens (including phenoxy) is 1. The van der Waals surface area contributed by atoms with Gasteiger partial charge in [0.2, 0.25) is 0 Å². The first-order valence-electron chi connectivity index (χ1n) is 6.85. The van der Waals surface area contributed by atoms with Gasteiger partial charge in [-0.15, -0.1) is 0 Å². The molecule has 23 heavy (non-hydrogen) atoms. The Morgan fingerprint density at radius 3 is 2.65 bits per heavy atom. The standard InChI is InChI=1S/C16H15ClN2O4/c1-10-5-3-4-6-15(10)23-11(2)16(20)18-12-7-8-13(17)14(9-12)19(21)22/h3-9,11H,1-2H3,(H,18,20). The molecule has 0 heterocycles. The van der Waals surface area contributed by atoms with E-state index >= 15 is 0 Å². The lowest BCUT2D eigenvalue weighted by Crippen LogP contribution is -2.30. The number of rotatable bonds is 5. The normalized spacial score (nSPS) is 11.6. The Hall–Kier alpha value is -2.60. The predicted octanol–water partition coefficient (Wildman–Crippen LogP) is 3.96. The smallest absolute Gasteiger partial charge is 0.289 e. The third-order valence-corrected chi connectivity index (χ3v) is 3.50. The number of hydrogen-bond donors (Lipinski definition) is 1. The molecular formula is C16H15ClN2O4. The zero-order valence-corrected chi connectivity index (χ0v) is 13.3. The summed E-state index contributed by atoms with van der Waals surface area (Å²) in [4.78, 5) is 22.4. The average molecular weight is 335 g/mol. The zero-order valence-electron chi connectivity index (χ0n) is 12.6. The Labute approximate surface area is 138 Å². The monoisotopic (exact) mass is 334 g/mol. The lowest BCUT2D eigenvalue weighted by atomic mass is 10.2. The molecule has 2 aromatic rings. The molecule has 120 valence electrons. The third kappa shape index (κ3) is 4.20. The average Bonchev–Trinajstić information content (AvgIpc) is 2.51. The number of hydrogen-bond acceptors (Lipinski definition) is 4. The van der Waals surface area contributed by atoms with E-state index in [1.165, 1.54) is 18.2 Å². The van der Waals surface area contributed by atoms with E-state index in [1.807, 2.05) is 25.1 Å². The zero-order chi connectivity index (χ0) is 17.0. The first kappa shape index (κ1) is 16.8. The minimum Gasteiger partial charge on any atom is -0.481 e. The van der Waals surface area contributed by atoms with E-state index in [2.05, 4.69) is 5.32 Å². The number of anilines is 1. The molecular weight excluding hydrogens is 320 g/mol. The van der Waals surface area contributed by atoms with Crippen molar-refractivity contribution in [3.8, 4) is 5.75 Å². The molecule has 0 spiro atoms. The van der Waals surface area contributed by atoms with Gasteiger partial charge in [0.25, 0.3) is 11.6 Å². The Balaban J connectivity index is 2.08. The number of nitrogens with one attached hydrogen (secondary N) is 1. The van der Waals surface area contributed by atoms with Crippen molar-refractivity contribution in [3.63, 3.8) is 0 Å². The Kier molecular flexibility index (Phi) is 5.18.